The highest BCUT2D eigenvalue weighted by atomic mass is 16.5. The molecule has 1 aromatic heterocycles. The first-order valence-corrected chi connectivity index (χ1v) is 17.7. The van der Waals surface area contributed by atoms with Gasteiger partial charge in [-0.05, 0) is 59.5 Å². The first-order chi connectivity index (χ1) is 26.0. The number of rotatable bonds is 12. The molecule has 0 radical (unpaired) electrons. The molecule has 0 saturated carbocycles. The number of hydrogen-bond acceptors (Lipinski definition) is 9. The smallest absolute Gasteiger partial charge is 0.345 e. The van der Waals surface area contributed by atoms with E-state index in [1.54, 1.807) is 64.4 Å². The minimum absolute atomic E-state index is 0.0753. The number of aliphatic carboxylic acids is 1. The number of nitrogens with one attached hydrogen (secondary N) is 2. The Balaban J connectivity index is 0.914. The number of hydrogen-bond donors (Lipinski definition) is 6. The van der Waals surface area contributed by atoms with Gasteiger partial charge >= 0.3 is 5.97 Å². The molecule has 13 nitrogen and oxygen atoms in total. The highest BCUT2D eigenvalue weighted by Gasteiger charge is 2.45. The van der Waals surface area contributed by atoms with Crippen molar-refractivity contribution in [1.82, 2.24) is 20.1 Å². The number of carbonyl (C=O) groups excluding carboxylic acids is 2. The van der Waals surface area contributed by atoms with Gasteiger partial charge < -0.3 is 45.3 Å². The maximum atomic E-state index is 13.5. The lowest BCUT2D eigenvalue weighted by molar-refractivity contribution is -0.155. The van der Waals surface area contributed by atoms with Crippen molar-refractivity contribution in [1.29, 1.82) is 0 Å². The van der Waals surface area contributed by atoms with Crippen LogP contribution in [0, 0.1) is 5.92 Å². The zero-order valence-corrected chi connectivity index (χ0v) is 29.2. The zero-order valence-electron chi connectivity index (χ0n) is 29.2. The average molecular weight is 733 g/mol. The van der Waals surface area contributed by atoms with Crippen LogP contribution in [0.5, 0.6) is 11.5 Å². The highest BCUT2D eigenvalue weighted by Crippen LogP contribution is 2.34. The molecule has 2 fully saturated rings. The van der Waals surface area contributed by atoms with Crippen molar-refractivity contribution in [2.75, 3.05) is 32.8 Å². The molecule has 54 heavy (non-hydrogen) atoms. The number of aromatic nitrogens is 1. The summed E-state index contributed by atoms with van der Waals surface area (Å²) in [6.45, 7) is 1.84. The highest BCUT2D eigenvalue weighted by molar-refractivity contribution is 5.94. The molecular weight excluding hydrogens is 692 g/mol. The number of ether oxygens (including phenoxy) is 1. The van der Waals surface area contributed by atoms with Gasteiger partial charge in [-0.2, -0.15) is 0 Å². The van der Waals surface area contributed by atoms with Crippen molar-refractivity contribution in [3.05, 3.63) is 141 Å². The Morgan fingerprint density at radius 3 is 2.44 bits per heavy atom. The van der Waals surface area contributed by atoms with E-state index < -0.39 is 17.7 Å². The van der Waals surface area contributed by atoms with Crippen molar-refractivity contribution in [3.63, 3.8) is 0 Å². The van der Waals surface area contributed by atoms with Crippen LogP contribution in [0.15, 0.2) is 108 Å². The van der Waals surface area contributed by atoms with Gasteiger partial charge in [0.25, 0.3) is 11.8 Å². The number of benzene rings is 4. The second kappa shape index (κ2) is 15.1. The Morgan fingerprint density at radius 2 is 1.69 bits per heavy atom. The lowest BCUT2D eigenvalue weighted by atomic mass is 9.86. The molecule has 2 aliphatic heterocycles. The van der Waals surface area contributed by atoms with E-state index in [4.69, 9.17) is 4.74 Å². The van der Waals surface area contributed by atoms with Crippen molar-refractivity contribution < 1.29 is 39.5 Å². The molecular formula is C41H40N4O9. The summed E-state index contributed by atoms with van der Waals surface area (Å²) in [5.74, 6) is -1.49. The van der Waals surface area contributed by atoms with Crippen LogP contribution < -0.4 is 15.6 Å². The molecule has 0 spiro atoms. The standard InChI is InChI=1S/C41H40N4O9/c46-34-15-13-31(32-14-16-36(48)43-38(32)34)35(47)21-42-20-25-9-11-26(12-10-25)39(50)44-22-27-17-18-45(33(27)23-44)37(49)24-54-30-8-4-7-29(19-30)41(53,40(51)52)28-5-2-1-3-6-28/h1-16,19,27,33,35,42,46-47,53H,17-18,20-24H2,(H,43,48)(H,51,52)/t27-,33+,35+,41+/m1/s1. The van der Waals surface area contributed by atoms with Crippen LogP contribution in [0.4, 0.5) is 0 Å². The second-order valence-electron chi connectivity index (χ2n) is 13.7. The van der Waals surface area contributed by atoms with Crippen LogP contribution in [-0.4, -0.2) is 91.8 Å². The normalized spacial score (nSPS) is 18.3. The van der Waals surface area contributed by atoms with Crippen LogP contribution in [-0.2, 0) is 21.7 Å². The van der Waals surface area contributed by atoms with Gasteiger partial charge in [0.05, 0.1) is 17.7 Å². The number of phenolic OH excluding ortho intramolecular Hbond substituents is 1. The third kappa shape index (κ3) is 7.16. The fourth-order valence-electron chi connectivity index (χ4n) is 7.53. The Labute approximate surface area is 310 Å². The van der Waals surface area contributed by atoms with E-state index in [9.17, 15) is 39.6 Å². The fourth-order valence-corrected chi connectivity index (χ4v) is 7.53. The predicted molar refractivity (Wildman–Crippen MR) is 198 cm³/mol. The SMILES string of the molecule is O=C(c1ccc(CNC[C@H](O)c2ccc(O)c3[nH]c(=O)ccc23)cc1)N1C[C@H]2CCN(C(=O)COc3cccc([C@](O)(C(=O)O)c4ccccc4)c3)[C@H]2C1. The predicted octanol–water partition coefficient (Wildman–Crippen LogP) is 3.13. The molecule has 7 rings (SSSR count). The summed E-state index contributed by atoms with van der Waals surface area (Å²) in [4.78, 5) is 56.9. The summed E-state index contributed by atoms with van der Waals surface area (Å²) >= 11 is 0. The summed E-state index contributed by atoms with van der Waals surface area (Å²) in [7, 11) is 0. The number of aliphatic hydroxyl groups excluding tert-OH is 1. The summed E-state index contributed by atoms with van der Waals surface area (Å²) in [6, 6.07) is 27.2. The first kappa shape index (κ1) is 36.3. The number of carboxylic acid groups (broad SMARTS) is 1. The Bertz CT molecular complexity index is 2240. The van der Waals surface area contributed by atoms with Gasteiger partial charge in [-0.15, -0.1) is 0 Å². The van der Waals surface area contributed by atoms with Gasteiger partial charge in [0.2, 0.25) is 11.2 Å². The van der Waals surface area contributed by atoms with Crippen molar-refractivity contribution in [3.8, 4) is 11.5 Å². The number of aromatic hydroxyl groups is 1. The Morgan fingerprint density at radius 1 is 0.926 bits per heavy atom. The summed E-state index contributed by atoms with van der Waals surface area (Å²) in [5, 5.41) is 45.9. The Hall–Kier alpha value is -6.02. The summed E-state index contributed by atoms with van der Waals surface area (Å²) in [6.07, 6.45) is -0.142. The number of aromatic amines is 1. The van der Waals surface area contributed by atoms with Crippen molar-refractivity contribution in [2.24, 2.45) is 5.92 Å². The molecule has 0 unspecified atom stereocenters. The van der Waals surface area contributed by atoms with E-state index in [-0.39, 0.29) is 70.6 Å². The quantitative estimate of drug-likeness (QED) is 0.111. The molecule has 2 amide bonds. The average Bonchev–Trinajstić information content (AvgIpc) is 3.79. The number of carboxylic acids is 1. The molecule has 278 valence electrons. The lowest BCUT2D eigenvalue weighted by Gasteiger charge is -2.26. The molecule has 0 bridgehead atoms. The fraction of sp³-hybridized carbons (Fsp3) is 0.268. The van der Waals surface area contributed by atoms with Gasteiger partial charge in [0, 0.05) is 61.2 Å². The third-order valence-corrected chi connectivity index (χ3v) is 10.4. The minimum atomic E-state index is -2.30. The minimum Gasteiger partial charge on any atom is -0.506 e. The maximum absolute atomic E-state index is 13.5. The maximum Gasteiger partial charge on any atom is 0.345 e. The van der Waals surface area contributed by atoms with Crippen LogP contribution >= 0.6 is 0 Å². The zero-order chi connectivity index (χ0) is 38.0. The van der Waals surface area contributed by atoms with Crippen LogP contribution in [0.25, 0.3) is 10.9 Å². The number of H-pyrrole nitrogens is 1. The van der Waals surface area contributed by atoms with E-state index in [1.807, 2.05) is 12.1 Å². The Kier molecular flexibility index (Phi) is 10.2. The molecule has 3 heterocycles. The van der Waals surface area contributed by atoms with Gasteiger partial charge in [0.1, 0.15) is 11.5 Å². The van der Waals surface area contributed by atoms with E-state index in [2.05, 4.69) is 10.3 Å². The van der Waals surface area contributed by atoms with Crippen LogP contribution in [0.2, 0.25) is 0 Å². The number of likely N-dealkylation sites (tertiary alicyclic amines) is 2. The topological polar surface area (TPSA) is 193 Å². The molecule has 4 atom stereocenters. The van der Waals surface area contributed by atoms with Crippen molar-refractivity contribution in [2.45, 2.75) is 30.7 Å². The summed E-state index contributed by atoms with van der Waals surface area (Å²) in [5.41, 5.74) is -0.0892. The van der Waals surface area contributed by atoms with Gasteiger partial charge in [-0.3, -0.25) is 14.4 Å². The van der Waals surface area contributed by atoms with Gasteiger partial charge in [-0.1, -0.05) is 60.7 Å². The van der Waals surface area contributed by atoms with Gasteiger partial charge in [0.15, 0.2) is 6.61 Å². The lowest BCUT2D eigenvalue weighted by Crippen LogP contribution is -2.42. The molecule has 4 aromatic carbocycles. The van der Waals surface area contributed by atoms with E-state index in [0.717, 1.165) is 12.0 Å². The monoisotopic (exact) mass is 732 g/mol. The number of aliphatic hydroxyl groups is 2. The molecule has 5 aromatic rings. The molecule has 6 N–H and O–H groups in total. The first-order valence-electron chi connectivity index (χ1n) is 17.7. The van der Waals surface area contributed by atoms with Crippen molar-refractivity contribution >= 4 is 28.7 Å². The second-order valence-corrected chi connectivity index (χ2v) is 13.7. The van der Waals surface area contributed by atoms with E-state index in [1.165, 1.54) is 36.4 Å². The van der Waals surface area contributed by atoms with E-state index in [0.29, 0.717) is 42.7 Å². The molecule has 0 aliphatic carbocycles. The largest absolute Gasteiger partial charge is 0.506 e. The van der Waals surface area contributed by atoms with E-state index >= 15 is 0 Å². The number of pyridine rings is 1. The number of phenols is 1. The molecule has 2 aliphatic rings. The number of amides is 2. The summed E-state index contributed by atoms with van der Waals surface area (Å²) < 4.78 is 5.81. The number of fused-ring (bicyclic) bond motifs is 2. The van der Waals surface area contributed by atoms with Gasteiger partial charge in [-0.25, -0.2) is 4.79 Å². The molecule has 2 saturated heterocycles. The van der Waals surface area contributed by atoms with Crippen LogP contribution in [0.1, 0.15) is 45.1 Å². The number of carbonyl (C=O) groups is 3. The molecule has 13 heteroatoms. The number of nitrogens with zero attached hydrogens (tertiary/aromatic N) is 2. The third-order valence-electron chi connectivity index (χ3n) is 10.4. The van der Waals surface area contributed by atoms with Crippen LogP contribution in [0.3, 0.4) is 0 Å².